The normalized spacial score (nSPS) is 17.8. The number of hydrogen-bond donors (Lipinski definition) is 1. The Morgan fingerprint density at radius 2 is 2.06 bits per heavy atom. The van der Waals surface area contributed by atoms with Crippen LogP contribution in [0.2, 0.25) is 0 Å². The average molecular weight is 236 g/mol. The number of hydrogen-bond acceptors (Lipinski definition) is 3. The monoisotopic (exact) mass is 236 g/mol. The zero-order chi connectivity index (χ0) is 12.1. The summed E-state index contributed by atoms with van der Waals surface area (Å²) in [5.41, 5.74) is 1.31. The van der Waals surface area contributed by atoms with Crippen LogP contribution in [0.5, 0.6) is 0 Å². The van der Waals surface area contributed by atoms with Crippen molar-refractivity contribution in [3.05, 3.63) is 23.7 Å². The highest BCUT2D eigenvalue weighted by atomic mass is 16.3. The highest BCUT2D eigenvalue weighted by Crippen LogP contribution is 2.17. The second-order valence-corrected chi connectivity index (χ2v) is 5.24. The number of rotatable bonds is 5. The fourth-order valence-corrected chi connectivity index (χ4v) is 2.30. The van der Waals surface area contributed by atoms with Crippen LogP contribution in [0.15, 0.2) is 16.7 Å². The van der Waals surface area contributed by atoms with Gasteiger partial charge in [0.15, 0.2) is 0 Å². The summed E-state index contributed by atoms with van der Waals surface area (Å²) in [7, 11) is 0. The standard InChI is InChI=1S/C14H24N2O/c1-12(2)15-10-13-6-9-17-14(13)11-16-7-4-3-5-8-16/h6,9,12,15H,3-5,7-8,10-11H2,1-2H3. The molecule has 1 aromatic rings. The quantitative estimate of drug-likeness (QED) is 0.852. The number of nitrogens with zero attached hydrogens (tertiary/aromatic N) is 1. The van der Waals surface area contributed by atoms with Gasteiger partial charge in [0.25, 0.3) is 0 Å². The third-order valence-electron chi connectivity index (χ3n) is 3.35. The van der Waals surface area contributed by atoms with Gasteiger partial charge >= 0.3 is 0 Å². The van der Waals surface area contributed by atoms with Gasteiger partial charge in [0.2, 0.25) is 0 Å². The molecule has 17 heavy (non-hydrogen) atoms. The molecule has 2 rings (SSSR count). The van der Waals surface area contributed by atoms with Crippen molar-refractivity contribution in [3.63, 3.8) is 0 Å². The van der Waals surface area contributed by atoms with Crippen molar-refractivity contribution >= 4 is 0 Å². The van der Waals surface area contributed by atoms with E-state index < -0.39 is 0 Å². The summed E-state index contributed by atoms with van der Waals surface area (Å²) in [5.74, 6) is 1.14. The van der Waals surface area contributed by atoms with Crippen LogP contribution < -0.4 is 5.32 Å². The van der Waals surface area contributed by atoms with Crippen LogP contribution in [0, 0.1) is 0 Å². The second kappa shape index (κ2) is 6.22. The predicted molar refractivity (Wildman–Crippen MR) is 69.8 cm³/mol. The van der Waals surface area contributed by atoms with Gasteiger partial charge in [0.05, 0.1) is 12.8 Å². The number of piperidine rings is 1. The Bertz CT molecular complexity index is 327. The Morgan fingerprint density at radius 1 is 1.29 bits per heavy atom. The van der Waals surface area contributed by atoms with Gasteiger partial charge < -0.3 is 9.73 Å². The summed E-state index contributed by atoms with van der Waals surface area (Å²) < 4.78 is 5.62. The number of furan rings is 1. The Hall–Kier alpha value is -0.800. The maximum absolute atomic E-state index is 5.62. The van der Waals surface area contributed by atoms with Crippen molar-refractivity contribution < 1.29 is 4.42 Å². The van der Waals surface area contributed by atoms with E-state index in [1.807, 2.05) is 6.26 Å². The first-order chi connectivity index (χ1) is 8.25. The van der Waals surface area contributed by atoms with Crippen LogP contribution in [0.25, 0.3) is 0 Å². The second-order valence-electron chi connectivity index (χ2n) is 5.24. The van der Waals surface area contributed by atoms with E-state index in [-0.39, 0.29) is 0 Å². The molecule has 1 saturated heterocycles. The molecule has 0 amide bonds. The summed E-state index contributed by atoms with van der Waals surface area (Å²) >= 11 is 0. The minimum atomic E-state index is 0.521. The molecule has 1 N–H and O–H groups in total. The zero-order valence-corrected chi connectivity index (χ0v) is 11.0. The minimum absolute atomic E-state index is 0.521. The fraction of sp³-hybridized carbons (Fsp3) is 0.714. The fourth-order valence-electron chi connectivity index (χ4n) is 2.30. The highest BCUT2D eigenvalue weighted by Gasteiger charge is 2.14. The zero-order valence-electron chi connectivity index (χ0n) is 11.0. The molecule has 0 atom stereocenters. The van der Waals surface area contributed by atoms with E-state index >= 15 is 0 Å². The smallest absolute Gasteiger partial charge is 0.122 e. The summed E-state index contributed by atoms with van der Waals surface area (Å²) in [4.78, 5) is 2.50. The molecular formula is C14H24N2O. The molecule has 1 aliphatic heterocycles. The third-order valence-corrected chi connectivity index (χ3v) is 3.35. The van der Waals surface area contributed by atoms with E-state index in [2.05, 4.69) is 30.1 Å². The minimum Gasteiger partial charge on any atom is -0.468 e. The van der Waals surface area contributed by atoms with Crippen molar-refractivity contribution in [2.75, 3.05) is 13.1 Å². The van der Waals surface area contributed by atoms with Gasteiger partial charge in [-0.1, -0.05) is 20.3 Å². The maximum Gasteiger partial charge on any atom is 0.122 e. The van der Waals surface area contributed by atoms with Crippen LogP contribution >= 0.6 is 0 Å². The van der Waals surface area contributed by atoms with Gasteiger partial charge in [-0.3, -0.25) is 4.90 Å². The van der Waals surface area contributed by atoms with E-state index in [0.717, 1.165) is 18.8 Å². The van der Waals surface area contributed by atoms with Gasteiger partial charge in [0.1, 0.15) is 5.76 Å². The Labute approximate surface area is 104 Å². The maximum atomic E-state index is 5.62. The molecule has 3 nitrogen and oxygen atoms in total. The van der Waals surface area contributed by atoms with Gasteiger partial charge in [-0.15, -0.1) is 0 Å². The molecule has 1 fully saturated rings. The van der Waals surface area contributed by atoms with Crippen LogP contribution in [0.1, 0.15) is 44.4 Å². The first-order valence-electron chi connectivity index (χ1n) is 6.76. The molecule has 96 valence electrons. The highest BCUT2D eigenvalue weighted by molar-refractivity contribution is 5.17. The van der Waals surface area contributed by atoms with Crippen molar-refractivity contribution in [2.24, 2.45) is 0 Å². The van der Waals surface area contributed by atoms with E-state index in [1.165, 1.54) is 37.9 Å². The first-order valence-corrected chi connectivity index (χ1v) is 6.76. The Balaban J connectivity index is 1.88. The van der Waals surface area contributed by atoms with Gasteiger partial charge in [-0.2, -0.15) is 0 Å². The number of likely N-dealkylation sites (tertiary alicyclic amines) is 1. The predicted octanol–water partition coefficient (Wildman–Crippen LogP) is 2.76. The summed E-state index contributed by atoms with van der Waals surface area (Å²) in [6.07, 6.45) is 5.87. The van der Waals surface area contributed by atoms with Gasteiger partial charge in [0, 0.05) is 18.2 Å². The lowest BCUT2D eigenvalue weighted by Crippen LogP contribution is -2.29. The summed E-state index contributed by atoms with van der Waals surface area (Å²) in [6.45, 7) is 8.67. The van der Waals surface area contributed by atoms with Crippen LogP contribution in [0.4, 0.5) is 0 Å². The first kappa shape index (κ1) is 12.7. The lowest BCUT2D eigenvalue weighted by atomic mass is 10.1. The Morgan fingerprint density at radius 3 is 2.76 bits per heavy atom. The van der Waals surface area contributed by atoms with Crippen molar-refractivity contribution in [2.45, 2.75) is 52.2 Å². The van der Waals surface area contributed by atoms with Crippen LogP contribution in [0.3, 0.4) is 0 Å². The molecule has 0 spiro atoms. The molecule has 2 heterocycles. The number of nitrogens with one attached hydrogen (secondary N) is 1. The van der Waals surface area contributed by atoms with E-state index in [4.69, 9.17) is 4.42 Å². The molecule has 0 aromatic carbocycles. The van der Waals surface area contributed by atoms with E-state index in [1.54, 1.807) is 0 Å². The molecular weight excluding hydrogens is 212 g/mol. The topological polar surface area (TPSA) is 28.4 Å². The van der Waals surface area contributed by atoms with E-state index in [9.17, 15) is 0 Å². The molecule has 1 aromatic heterocycles. The molecule has 0 saturated carbocycles. The van der Waals surface area contributed by atoms with E-state index in [0.29, 0.717) is 6.04 Å². The lowest BCUT2D eigenvalue weighted by molar-refractivity contribution is 0.204. The molecule has 1 aliphatic rings. The van der Waals surface area contributed by atoms with Crippen molar-refractivity contribution in [1.82, 2.24) is 10.2 Å². The SMILES string of the molecule is CC(C)NCc1ccoc1CN1CCCCC1. The average Bonchev–Trinajstić information content (AvgIpc) is 2.75. The molecule has 0 bridgehead atoms. The molecule has 3 heteroatoms. The van der Waals surface area contributed by atoms with Gasteiger partial charge in [-0.25, -0.2) is 0 Å². The van der Waals surface area contributed by atoms with Crippen molar-refractivity contribution in [1.29, 1.82) is 0 Å². The Kier molecular flexibility index (Phi) is 4.63. The molecule has 0 radical (unpaired) electrons. The largest absolute Gasteiger partial charge is 0.468 e. The third kappa shape index (κ3) is 3.86. The molecule has 0 unspecified atom stereocenters. The summed E-state index contributed by atoms with van der Waals surface area (Å²) in [6, 6.07) is 2.61. The molecule has 0 aliphatic carbocycles. The van der Waals surface area contributed by atoms with Crippen molar-refractivity contribution in [3.8, 4) is 0 Å². The van der Waals surface area contributed by atoms with Crippen LogP contribution in [-0.2, 0) is 13.1 Å². The van der Waals surface area contributed by atoms with Gasteiger partial charge in [-0.05, 0) is 32.0 Å². The lowest BCUT2D eigenvalue weighted by Gasteiger charge is -2.25. The summed E-state index contributed by atoms with van der Waals surface area (Å²) in [5, 5.41) is 3.45. The van der Waals surface area contributed by atoms with Crippen LogP contribution in [-0.4, -0.2) is 24.0 Å².